The second kappa shape index (κ2) is 3.49. The van der Waals surface area contributed by atoms with Crippen LogP contribution in [-0.2, 0) is 5.11 Å². The SMILES string of the molecule is CCOc1cccc([O])c1Cl. The smallest absolute Gasteiger partial charge is 0.200 e. The van der Waals surface area contributed by atoms with Gasteiger partial charge in [-0.3, -0.25) is 5.11 Å². The van der Waals surface area contributed by atoms with E-state index in [4.69, 9.17) is 16.3 Å². The fourth-order valence-electron chi connectivity index (χ4n) is 0.758. The van der Waals surface area contributed by atoms with Crippen molar-refractivity contribution < 1.29 is 9.84 Å². The highest BCUT2D eigenvalue weighted by molar-refractivity contribution is 6.33. The van der Waals surface area contributed by atoms with Crippen molar-refractivity contribution >= 4 is 11.6 Å². The van der Waals surface area contributed by atoms with Crippen molar-refractivity contribution in [3.05, 3.63) is 23.2 Å². The molecule has 59 valence electrons. The Morgan fingerprint density at radius 1 is 1.55 bits per heavy atom. The van der Waals surface area contributed by atoms with Crippen molar-refractivity contribution in [2.24, 2.45) is 0 Å². The van der Waals surface area contributed by atoms with Crippen LogP contribution in [0, 0.1) is 0 Å². The molecule has 0 bridgehead atoms. The Labute approximate surface area is 70.4 Å². The quantitative estimate of drug-likeness (QED) is 0.673. The van der Waals surface area contributed by atoms with Gasteiger partial charge in [-0.05, 0) is 19.1 Å². The molecule has 0 spiro atoms. The van der Waals surface area contributed by atoms with E-state index in [9.17, 15) is 5.11 Å². The molecule has 0 aliphatic carbocycles. The van der Waals surface area contributed by atoms with E-state index in [2.05, 4.69) is 0 Å². The molecule has 0 aliphatic rings. The molecule has 11 heavy (non-hydrogen) atoms. The van der Waals surface area contributed by atoms with Gasteiger partial charge in [0.25, 0.3) is 0 Å². The molecule has 1 rings (SSSR count). The third-order valence-corrected chi connectivity index (χ3v) is 1.60. The average molecular weight is 172 g/mol. The zero-order valence-corrected chi connectivity index (χ0v) is 6.89. The molecule has 0 saturated carbocycles. The highest BCUT2D eigenvalue weighted by atomic mass is 35.5. The van der Waals surface area contributed by atoms with Gasteiger partial charge in [0.2, 0.25) is 5.75 Å². The zero-order valence-electron chi connectivity index (χ0n) is 6.13. The van der Waals surface area contributed by atoms with Gasteiger partial charge in [0, 0.05) is 0 Å². The topological polar surface area (TPSA) is 29.1 Å². The van der Waals surface area contributed by atoms with Crippen molar-refractivity contribution in [3.8, 4) is 11.5 Å². The van der Waals surface area contributed by atoms with Crippen molar-refractivity contribution in [2.45, 2.75) is 6.92 Å². The maximum Gasteiger partial charge on any atom is 0.200 e. The van der Waals surface area contributed by atoms with Gasteiger partial charge in [0.15, 0.2) is 0 Å². The summed E-state index contributed by atoms with van der Waals surface area (Å²) in [7, 11) is 0. The third-order valence-electron chi connectivity index (χ3n) is 1.23. The Balaban J connectivity index is 2.96. The van der Waals surface area contributed by atoms with Gasteiger partial charge in [0.1, 0.15) is 10.8 Å². The van der Waals surface area contributed by atoms with Gasteiger partial charge in [0.05, 0.1) is 6.61 Å². The minimum atomic E-state index is -0.197. The van der Waals surface area contributed by atoms with E-state index in [0.29, 0.717) is 12.4 Å². The third kappa shape index (κ3) is 1.77. The van der Waals surface area contributed by atoms with Gasteiger partial charge in [-0.1, -0.05) is 17.7 Å². The highest BCUT2D eigenvalue weighted by Gasteiger charge is 2.05. The van der Waals surface area contributed by atoms with Crippen molar-refractivity contribution in [2.75, 3.05) is 6.61 Å². The Hall–Kier alpha value is -0.890. The molecule has 0 saturated heterocycles. The van der Waals surface area contributed by atoms with E-state index in [1.54, 1.807) is 12.1 Å². The first kappa shape index (κ1) is 8.21. The van der Waals surface area contributed by atoms with Gasteiger partial charge in [-0.25, -0.2) is 0 Å². The summed E-state index contributed by atoms with van der Waals surface area (Å²) in [5.74, 6) is 0.263. The molecule has 0 aromatic heterocycles. The molecule has 0 fully saturated rings. The van der Waals surface area contributed by atoms with Crippen LogP contribution in [0.5, 0.6) is 11.5 Å². The predicted molar refractivity (Wildman–Crippen MR) is 42.8 cm³/mol. The van der Waals surface area contributed by atoms with Crippen molar-refractivity contribution in [3.63, 3.8) is 0 Å². The van der Waals surface area contributed by atoms with Crippen LogP contribution in [0.3, 0.4) is 0 Å². The molecule has 3 heteroatoms. The number of hydrogen-bond donors (Lipinski definition) is 0. The van der Waals surface area contributed by atoms with E-state index in [1.807, 2.05) is 6.92 Å². The first-order chi connectivity index (χ1) is 5.25. The Kier molecular flexibility index (Phi) is 2.60. The van der Waals surface area contributed by atoms with E-state index in [-0.39, 0.29) is 10.8 Å². The number of benzene rings is 1. The second-order valence-electron chi connectivity index (χ2n) is 2.00. The van der Waals surface area contributed by atoms with Gasteiger partial charge >= 0.3 is 0 Å². The summed E-state index contributed by atoms with van der Waals surface area (Å²) in [6.07, 6.45) is 0. The minimum absolute atomic E-state index is 0.161. The molecular weight excluding hydrogens is 164 g/mol. The van der Waals surface area contributed by atoms with Crippen LogP contribution in [-0.4, -0.2) is 6.61 Å². The lowest BCUT2D eigenvalue weighted by molar-refractivity contribution is 0.327. The lowest BCUT2D eigenvalue weighted by Crippen LogP contribution is -1.91. The largest absolute Gasteiger partial charge is 0.492 e. The Morgan fingerprint density at radius 3 is 2.91 bits per heavy atom. The molecule has 1 aromatic carbocycles. The molecule has 0 N–H and O–H groups in total. The van der Waals surface area contributed by atoms with Gasteiger partial charge in [-0.2, -0.15) is 0 Å². The van der Waals surface area contributed by atoms with Crippen molar-refractivity contribution in [1.29, 1.82) is 0 Å². The summed E-state index contributed by atoms with van der Waals surface area (Å²) in [6, 6.07) is 4.71. The second-order valence-corrected chi connectivity index (χ2v) is 2.38. The van der Waals surface area contributed by atoms with E-state index in [1.165, 1.54) is 6.07 Å². The summed E-state index contributed by atoms with van der Waals surface area (Å²) in [5, 5.41) is 11.1. The number of halogens is 1. The normalized spacial score (nSPS) is 9.64. The average Bonchev–Trinajstić information content (AvgIpc) is 1.99. The maximum atomic E-state index is 10.9. The van der Waals surface area contributed by atoms with E-state index in [0.717, 1.165) is 0 Å². The number of hydrogen-bond acceptors (Lipinski definition) is 1. The Bertz CT molecular complexity index is 248. The summed E-state index contributed by atoms with van der Waals surface area (Å²) in [4.78, 5) is 0. The lowest BCUT2D eigenvalue weighted by Gasteiger charge is -2.03. The van der Waals surface area contributed by atoms with Gasteiger partial charge < -0.3 is 4.74 Å². The Morgan fingerprint density at radius 2 is 2.27 bits per heavy atom. The van der Waals surface area contributed by atoms with Crippen LogP contribution in [0.15, 0.2) is 18.2 Å². The molecule has 1 aromatic rings. The van der Waals surface area contributed by atoms with Gasteiger partial charge in [-0.15, -0.1) is 0 Å². The maximum absolute atomic E-state index is 10.9. The van der Waals surface area contributed by atoms with Crippen LogP contribution < -0.4 is 4.74 Å². The van der Waals surface area contributed by atoms with Crippen molar-refractivity contribution in [1.82, 2.24) is 0 Å². The molecule has 0 unspecified atom stereocenters. The molecular formula is C8H8ClO2. The first-order valence-corrected chi connectivity index (χ1v) is 3.71. The minimum Gasteiger partial charge on any atom is -0.492 e. The summed E-state index contributed by atoms with van der Waals surface area (Å²) >= 11 is 5.63. The highest BCUT2D eigenvalue weighted by Crippen LogP contribution is 2.32. The zero-order chi connectivity index (χ0) is 8.27. The molecule has 0 aliphatic heterocycles. The summed E-state index contributed by atoms with van der Waals surface area (Å²) < 4.78 is 5.09. The summed E-state index contributed by atoms with van der Waals surface area (Å²) in [5.41, 5.74) is 0. The standard InChI is InChI=1S/C8H8ClO2/c1-2-11-7-5-3-4-6(10)8(7)9/h3-5H,2H2,1H3. The first-order valence-electron chi connectivity index (χ1n) is 3.34. The molecule has 0 heterocycles. The van der Waals surface area contributed by atoms with Crippen LogP contribution >= 0.6 is 11.6 Å². The summed E-state index contributed by atoms with van der Waals surface area (Å²) in [6.45, 7) is 2.36. The van der Waals surface area contributed by atoms with Crippen LogP contribution in [0.4, 0.5) is 0 Å². The lowest BCUT2D eigenvalue weighted by atomic mass is 10.3. The monoisotopic (exact) mass is 171 g/mol. The number of ether oxygens (including phenoxy) is 1. The van der Waals surface area contributed by atoms with Crippen LogP contribution in [0.25, 0.3) is 0 Å². The number of rotatable bonds is 2. The van der Waals surface area contributed by atoms with E-state index < -0.39 is 0 Å². The van der Waals surface area contributed by atoms with Crippen LogP contribution in [0.1, 0.15) is 6.92 Å². The molecule has 1 radical (unpaired) electrons. The van der Waals surface area contributed by atoms with E-state index >= 15 is 0 Å². The predicted octanol–water partition coefficient (Wildman–Crippen LogP) is 2.88. The molecule has 0 amide bonds. The fraction of sp³-hybridized carbons (Fsp3) is 0.250. The molecule has 0 atom stereocenters. The molecule has 2 nitrogen and oxygen atoms in total. The fourth-order valence-corrected chi connectivity index (χ4v) is 0.938. The van der Waals surface area contributed by atoms with Crippen LogP contribution in [0.2, 0.25) is 5.02 Å².